The quantitative estimate of drug-likeness (QED) is 0.555. The Kier molecular flexibility index (Phi) is 4.23. The third-order valence-corrected chi connectivity index (χ3v) is 5.49. The number of nitrogens with two attached hydrogens (primary N) is 1. The molecule has 1 radical (unpaired) electrons. The molecule has 0 aliphatic heterocycles. The van der Waals surface area contributed by atoms with E-state index >= 15 is 0 Å². The smallest absolute Gasteiger partial charge is 0.249 e. The minimum absolute atomic E-state index is 0.403. The van der Waals surface area contributed by atoms with Crippen LogP contribution in [0.25, 0.3) is 21.8 Å². The van der Waals surface area contributed by atoms with Gasteiger partial charge in [0, 0.05) is 22.9 Å². The van der Waals surface area contributed by atoms with Crippen LogP contribution in [0.1, 0.15) is 39.5 Å². The van der Waals surface area contributed by atoms with E-state index in [2.05, 4.69) is 61.7 Å². The molecule has 1 heterocycles. The van der Waals surface area contributed by atoms with Gasteiger partial charge in [-0.2, -0.15) is 0 Å². The number of amides is 1. The first-order valence-corrected chi connectivity index (χ1v) is 9.31. The van der Waals surface area contributed by atoms with E-state index in [0.717, 1.165) is 34.8 Å². The fourth-order valence-electron chi connectivity index (χ4n) is 3.94. The van der Waals surface area contributed by atoms with Gasteiger partial charge in [-0.05, 0) is 66.8 Å². The molecule has 0 saturated heterocycles. The zero-order valence-corrected chi connectivity index (χ0v) is 16.0. The number of nitrogens with zero attached hydrogens (tertiary/aromatic N) is 1. The van der Waals surface area contributed by atoms with Gasteiger partial charge >= 0.3 is 0 Å². The Hall–Kier alpha value is -3.07. The number of primary amides is 1. The van der Waals surface area contributed by atoms with Crippen molar-refractivity contribution in [2.75, 3.05) is 0 Å². The van der Waals surface area contributed by atoms with Gasteiger partial charge in [-0.3, -0.25) is 4.79 Å². The predicted molar refractivity (Wildman–Crippen MR) is 111 cm³/mol. The van der Waals surface area contributed by atoms with Crippen LogP contribution in [0.3, 0.4) is 0 Å². The van der Waals surface area contributed by atoms with Crippen molar-refractivity contribution in [1.29, 1.82) is 0 Å². The summed E-state index contributed by atoms with van der Waals surface area (Å²) in [4.78, 5) is 12.1. The Morgan fingerprint density at radius 1 is 1.07 bits per heavy atom. The Labute approximate surface area is 159 Å². The monoisotopic (exact) mass is 355 g/mol. The summed E-state index contributed by atoms with van der Waals surface area (Å²) in [6.07, 6.45) is 0.944. The number of hydrogen-bond donors (Lipinski definition) is 1. The van der Waals surface area contributed by atoms with E-state index in [1.165, 1.54) is 22.3 Å². The molecule has 0 bridgehead atoms. The summed E-state index contributed by atoms with van der Waals surface area (Å²) < 4.78 is 2.29. The molecular weight excluding hydrogens is 332 g/mol. The number of fused-ring (bicyclic) bond motifs is 3. The average molecular weight is 355 g/mol. The molecule has 3 heteroatoms. The first-order chi connectivity index (χ1) is 13.0. The molecule has 27 heavy (non-hydrogen) atoms. The number of carbonyl (C=O) groups excluding carboxylic acids is 1. The third-order valence-electron chi connectivity index (χ3n) is 5.49. The van der Waals surface area contributed by atoms with Crippen LogP contribution in [0.4, 0.5) is 0 Å². The zero-order chi connectivity index (χ0) is 19.1. The van der Waals surface area contributed by atoms with Crippen molar-refractivity contribution in [3.63, 3.8) is 0 Å². The largest absolute Gasteiger partial charge is 0.366 e. The van der Waals surface area contributed by atoms with Crippen LogP contribution in [0.15, 0.2) is 48.5 Å². The van der Waals surface area contributed by atoms with Gasteiger partial charge in [0.1, 0.15) is 0 Å². The average Bonchev–Trinajstić information content (AvgIpc) is 2.97. The fourth-order valence-corrected chi connectivity index (χ4v) is 3.94. The summed E-state index contributed by atoms with van der Waals surface area (Å²) in [6, 6.07) is 19.8. The molecule has 0 unspecified atom stereocenters. The second kappa shape index (κ2) is 6.58. The minimum atomic E-state index is -0.403. The van der Waals surface area contributed by atoms with Crippen molar-refractivity contribution in [3.05, 3.63) is 82.4 Å². The summed E-state index contributed by atoms with van der Waals surface area (Å²) in [5, 5.41) is 1.86. The molecule has 0 aliphatic rings. The van der Waals surface area contributed by atoms with Gasteiger partial charge in [-0.1, -0.05) is 37.3 Å². The molecule has 2 N–H and O–H groups in total. The van der Waals surface area contributed by atoms with E-state index in [9.17, 15) is 4.79 Å². The van der Waals surface area contributed by atoms with Crippen molar-refractivity contribution in [2.45, 2.75) is 33.7 Å². The number of hydrogen-bond acceptors (Lipinski definition) is 1. The summed E-state index contributed by atoms with van der Waals surface area (Å²) in [7, 11) is 0. The molecule has 3 aromatic carbocycles. The Morgan fingerprint density at radius 3 is 2.44 bits per heavy atom. The topological polar surface area (TPSA) is 48.0 Å². The second-order valence-electron chi connectivity index (χ2n) is 7.14. The molecule has 1 aromatic heterocycles. The molecule has 0 saturated carbocycles. The molecule has 0 spiro atoms. The van der Waals surface area contributed by atoms with Gasteiger partial charge < -0.3 is 10.3 Å². The van der Waals surface area contributed by atoms with Crippen molar-refractivity contribution < 1.29 is 4.79 Å². The molecule has 0 aliphatic carbocycles. The fraction of sp³-hybridized carbons (Fsp3) is 0.208. The highest BCUT2D eigenvalue weighted by Gasteiger charge is 2.17. The zero-order valence-electron chi connectivity index (χ0n) is 16.0. The third kappa shape index (κ3) is 2.80. The lowest BCUT2D eigenvalue weighted by atomic mass is 10.0. The Morgan fingerprint density at radius 2 is 1.78 bits per heavy atom. The van der Waals surface area contributed by atoms with Crippen LogP contribution >= 0.6 is 0 Å². The predicted octanol–water partition coefficient (Wildman–Crippen LogP) is 4.92. The van der Waals surface area contributed by atoms with E-state index in [-0.39, 0.29) is 0 Å². The lowest BCUT2D eigenvalue weighted by molar-refractivity contribution is 0.100. The first-order valence-electron chi connectivity index (χ1n) is 9.31. The molecule has 4 rings (SSSR count). The Balaban J connectivity index is 2.08. The second-order valence-corrected chi connectivity index (χ2v) is 7.14. The van der Waals surface area contributed by atoms with Gasteiger partial charge in [0.15, 0.2) is 0 Å². The number of rotatable bonds is 4. The van der Waals surface area contributed by atoms with Gasteiger partial charge in [0.2, 0.25) is 5.91 Å². The van der Waals surface area contributed by atoms with Crippen molar-refractivity contribution in [1.82, 2.24) is 4.57 Å². The summed E-state index contributed by atoms with van der Waals surface area (Å²) >= 11 is 0. The molecule has 3 nitrogen and oxygen atoms in total. The standard InChI is InChI=1S/C24H23N2O/c1-4-17-11-12-18-22(13-17)26(14-20-15(2)7-5-8-16(20)3)21-10-6-9-19(23(18)21)24(25)27/h5-11,13H,4,14H2,1-3H3,(H2,25,27). The van der Waals surface area contributed by atoms with Crippen LogP contribution in [0.2, 0.25) is 0 Å². The summed E-state index contributed by atoms with van der Waals surface area (Å²) in [6.45, 7) is 7.19. The molecular formula is C24H23N2O. The van der Waals surface area contributed by atoms with Crippen molar-refractivity contribution in [2.24, 2.45) is 5.73 Å². The van der Waals surface area contributed by atoms with Crippen LogP contribution in [0.5, 0.6) is 0 Å². The highest BCUT2D eigenvalue weighted by molar-refractivity contribution is 6.17. The van der Waals surface area contributed by atoms with Crippen LogP contribution in [0, 0.1) is 19.9 Å². The van der Waals surface area contributed by atoms with E-state index in [1.807, 2.05) is 12.1 Å². The van der Waals surface area contributed by atoms with Gasteiger partial charge in [-0.15, -0.1) is 0 Å². The summed E-state index contributed by atoms with van der Waals surface area (Å²) in [5.74, 6) is -0.403. The maximum atomic E-state index is 12.1. The van der Waals surface area contributed by atoms with Gasteiger partial charge in [-0.25, -0.2) is 0 Å². The lowest BCUT2D eigenvalue weighted by Gasteiger charge is -2.13. The number of aryl methyl sites for hydroxylation is 3. The normalized spacial score (nSPS) is 11.4. The van der Waals surface area contributed by atoms with Crippen LogP contribution < -0.4 is 5.73 Å². The number of benzene rings is 3. The Bertz CT molecular complexity index is 1160. The SMILES string of the molecule is CCc1c[c]c2c3c(C(N)=O)cccc3n(Cc3c(C)cccc3C)c2c1. The van der Waals surface area contributed by atoms with Crippen LogP contribution in [-0.4, -0.2) is 10.5 Å². The van der Waals surface area contributed by atoms with E-state index in [1.54, 1.807) is 6.07 Å². The molecule has 135 valence electrons. The summed E-state index contributed by atoms with van der Waals surface area (Å²) in [5.41, 5.74) is 13.4. The maximum absolute atomic E-state index is 12.1. The van der Waals surface area contributed by atoms with Crippen molar-refractivity contribution >= 4 is 27.7 Å². The van der Waals surface area contributed by atoms with Gasteiger partial charge in [0.25, 0.3) is 0 Å². The van der Waals surface area contributed by atoms with E-state index in [4.69, 9.17) is 5.73 Å². The number of carbonyl (C=O) groups is 1. The maximum Gasteiger partial charge on any atom is 0.249 e. The number of aromatic nitrogens is 1. The van der Waals surface area contributed by atoms with E-state index in [0.29, 0.717) is 5.56 Å². The molecule has 0 fully saturated rings. The lowest BCUT2D eigenvalue weighted by Crippen LogP contribution is -2.11. The molecule has 4 aromatic rings. The van der Waals surface area contributed by atoms with Crippen molar-refractivity contribution in [3.8, 4) is 0 Å². The minimum Gasteiger partial charge on any atom is -0.366 e. The van der Waals surface area contributed by atoms with Crippen LogP contribution in [-0.2, 0) is 13.0 Å². The van der Waals surface area contributed by atoms with Gasteiger partial charge in [0.05, 0.1) is 11.0 Å². The highest BCUT2D eigenvalue weighted by atomic mass is 16.1. The molecule has 0 atom stereocenters. The van der Waals surface area contributed by atoms with E-state index < -0.39 is 5.91 Å². The first kappa shape index (κ1) is 17.3. The molecule has 1 amide bonds. The highest BCUT2D eigenvalue weighted by Crippen LogP contribution is 2.33.